The number of fused-ring (bicyclic) bond motifs is 1. The molecule has 2 N–H and O–H groups in total. The highest BCUT2D eigenvalue weighted by atomic mass is 32.1. The predicted octanol–water partition coefficient (Wildman–Crippen LogP) is 4.21. The quantitative estimate of drug-likeness (QED) is 0.557. The minimum absolute atomic E-state index is 0.982. The number of halogens is 6. The van der Waals surface area contributed by atoms with Crippen molar-refractivity contribution in [2.75, 3.05) is 19.6 Å². The lowest BCUT2D eigenvalue weighted by molar-refractivity contribution is -0.193. The zero-order valence-corrected chi connectivity index (χ0v) is 19.9. The van der Waals surface area contributed by atoms with E-state index in [2.05, 4.69) is 37.4 Å². The number of carbonyl (C=O) groups is 2. The standard InChI is InChI=1S/C17H24N4S.2C2HF3O2/c1-2-5-19(6-3-1)11-16-12-21-8-7-20(13-17(21)18-16)10-15-4-9-22-14-15;2*3-2(4,5)1(6)7/h4,9,12,14H,1-3,5-8,10-11,13H2;2*(H,6,7). The van der Waals surface area contributed by atoms with Crippen molar-refractivity contribution in [3.05, 3.63) is 40.1 Å². The molecule has 8 nitrogen and oxygen atoms in total. The maximum absolute atomic E-state index is 10.6. The van der Waals surface area contributed by atoms with Gasteiger partial charge in [0, 0.05) is 32.4 Å². The van der Waals surface area contributed by atoms with Crippen molar-refractivity contribution in [3.63, 3.8) is 0 Å². The van der Waals surface area contributed by atoms with Crippen LogP contribution in [0.1, 0.15) is 36.3 Å². The maximum Gasteiger partial charge on any atom is 0.490 e. The van der Waals surface area contributed by atoms with Crippen LogP contribution in [-0.2, 0) is 35.8 Å². The molecule has 0 bridgehead atoms. The second-order valence-corrected chi connectivity index (χ2v) is 8.91. The number of aliphatic carboxylic acids is 2. The fourth-order valence-corrected chi connectivity index (χ4v) is 4.22. The average molecular weight is 545 g/mol. The van der Waals surface area contributed by atoms with Crippen molar-refractivity contribution < 1.29 is 46.1 Å². The van der Waals surface area contributed by atoms with E-state index in [9.17, 15) is 26.3 Å². The SMILES string of the molecule is O=C(O)C(F)(F)F.O=C(O)C(F)(F)F.c1cc(CN2CCn3cc(CN4CCCCC4)nc3C2)cs1. The van der Waals surface area contributed by atoms with Gasteiger partial charge in [-0.15, -0.1) is 0 Å². The van der Waals surface area contributed by atoms with Crippen LogP contribution >= 0.6 is 11.3 Å². The summed E-state index contributed by atoms with van der Waals surface area (Å²) in [7, 11) is 0. The molecule has 0 atom stereocenters. The molecule has 0 aromatic carbocycles. The van der Waals surface area contributed by atoms with Gasteiger partial charge in [0.25, 0.3) is 0 Å². The molecule has 0 unspecified atom stereocenters. The van der Waals surface area contributed by atoms with E-state index >= 15 is 0 Å². The molecule has 0 saturated carbocycles. The van der Waals surface area contributed by atoms with Gasteiger partial charge in [-0.3, -0.25) is 9.80 Å². The lowest BCUT2D eigenvalue weighted by atomic mass is 10.1. The van der Waals surface area contributed by atoms with E-state index in [0.29, 0.717) is 0 Å². The average Bonchev–Trinajstić information content (AvgIpc) is 3.43. The first-order chi connectivity index (χ1) is 16.8. The third-order valence-electron chi connectivity index (χ3n) is 5.24. The molecule has 0 spiro atoms. The fourth-order valence-electron chi connectivity index (χ4n) is 3.56. The monoisotopic (exact) mass is 544 g/mol. The Morgan fingerprint density at radius 1 is 0.889 bits per heavy atom. The van der Waals surface area contributed by atoms with E-state index in [4.69, 9.17) is 24.8 Å². The maximum atomic E-state index is 10.6. The number of carboxylic acid groups (broad SMARTS) is 2. The van der Waals surface area contributed by atoms with Crippen LogP contribution in [0.15, 0.2) is 23.0 Å². The second kappa shape index (κ2) is 13.1. The van der Waals surface area contributed by atoms with Crippen molar-refractivity contribution in [1.29, 1.82) is 0 Å². The number of nitrogens with zero attached hydrogens (tertiary/aromatic N) is 4. The lowest BCUT2D eigenvalue weighted by Crippen LogP contribution is -2.33. The minimum atomic E-state index is -5.08. The molecular weight excluding hydrogens is 518 g/mol. The third kappa shape index (κ3) is 10.1. The van der Waals surface area contributed by atoms with Gasteiger partial charge in [0.2, 0.25) is 0 Å². The minimum Gasteiger partial charge on any atom is -0.475 e. The van der Waals surface area contributed by atoms with Crippen molar-refractivity contribution in [2.45, 2.75) is 57.8 Å². The Hall–Kier alpha value is -2.65. The number of thiophene rings is 1. The fraction of sp³-hybridized carbons (Fsp3) is 0.571. The molecule has 2 aliphatic rings. The summed E-state index contributed by atoms with van der Waals surface area (Å²) < 4.78 is 65.8. The topological polar surface area (TPSA) is 98.9 Å². The number of rotatable bonds is 4. The number of hydrogen-bond acceptors (Lipinski definition) is 6. The van der Waals surface area contributed by atoms with Gasteiger partial charge in [-0.1, -0.05) is 6.42 Å². The van der Waals surface area contributed by atoms with E-state index < -0.39 is 24.3 Å². The first-order valence-corrected chi connectivity index (χ1v) is 11.8. The highest BCUT2D eigenvalue weighted by Crippen LogP contribution is 2.19. The molecule has 1 saturated heterocycles. The Labute approximate surface area is 206 Å². The van der Waals surface area contributed by atoms with Gasteiger partial charge in [0.1, 0.15) is 5.82 Å². The first-order valence-electron chi connectivity index (χ1n) is 10.9. The smallest absolute Gasteiger partial charge is 0.475 e. The molecule has 2 aliphatic heterocycles. The zero-order valence-electron chi connectivity index (χ0n) is 19.1. The van der Waals surface area contributed by atoms with E-state index in [1.807, 2.05) is 0 Å². The van der Waals surface area contributed by atoms with Crippen LogP contribution in [-0.4, -0.2) is 73.5 Å². The van der Waals surface area contributed by atoms with Crippen molar-refractivity contribution in [1.82, 2.24) is 19.4 Å². The number of hydrogen-bond donors (Lipinski definition) is 2. The van der Waals surface area contributed by atoms with Gasteiger partial charge < -0.3 is 14.8 Å². The molecule has 4 heterocycles. The van der Waals surface area contributed by atoms with Gasteiger partial charge in [-0.2, -0.15) is 37.7 Å². The largest absolute Gasteiger partial charge is 0.490 e. The second-order valence-electron chi connectivity index (χ2n) is 8.13. The highest BCUT2D eigenvalue weighted by Gasteiger charge is 2.38. The van der Waals surface area contributed by atoms with E-state index in [0.717, 1.165) is 32.7 Å². The summed E-state index contributed by atoms with van der Waals surface area (Å²) in [5, 5.41) is 18.7. The van der Waals surface area contributed by atoms with Crippen LogP contribution in [0.2, 0.25) is 0 Å². The third-order valence-corrected chi connectivity index (χ3v) is 5.97. The van der Waals surface area contributed by atoms with E-state index in [-0.39, 0.29) is 0 Å². The van der Waals surface area contributed by atoms with Crippen molar-refractivity contribution in [3.8, 4) is 0 Å². The summed E-state index contributed by atoms with van der Waals surface area (Å²) >= 11 is 1.78. The van der Waals surface area contributed by atoms with Crippen LogP contribution in [0, 0.1) is 0 Å². The van der Waals surface area contributed by atoms with Crippen molar-refractivity contribution >= 4 is 23.3 Å². The summed E-state index contributed by atoms with van der Waals surface area (Å²) in [4.78, 5) is 27.8. The van der Waals surface area contributed by atoms with Crippen LogP contribution in [0.3, 0.4) is 0 Å². The molecular formula is C21H26F6N4O4S. The molecule has 0 radical (unpaired) electrons. The van der Waals surface area contributed by atoms with E-state index in [1.165, 1.54) is 49.4 Å². The molecule has 202 valence electrons. The van der Waals surface area contributed by atoms with Gasteiger partial charge >= 0.3 is 24.3 Å². The van der Waals surface area contributed by atoms with Gasteiger partial charge in [-0.25, -0.2) is 14.6 Å². The molecule has 0 amide bonds. The first kappa shape index (κ1) is 29.6. The van der Waals surface area contributed by atoms with Gasteiger partial charge in [0.05, 0.1) is 12.2 Å². The predicted molar refractivity (Wildman–Crippen MR) is 117 cm³/mol. The zero-order chi connectivity index (χ0) is 26.9. The molecule has 15 heteroatoms. The van der Waals surface area contributed by atoms with Crippen LogP contribution in [0.4, 0.5) is 26.3 Å². The summed E-state index contributed by atoms with van der Waals surface area (Å²) in [5.74, 6) is -4.27. The molecule has 36 heavy (non-hydrogen) atoms. The number of likely N-dealkylation sites (tertiary alicyclic amines) is 1. The normalized spacial score (nSPS) is 16.7. The molecule has 2 aromatic heterocycles. The molecule has 0 aliphatic carbocycles. The van der Waals surface area contributed by atoms with E-state index in [1.54, 1.807) is 11.3 Å². The molecule has 2 aromatic rings. The summed E-state index contributed by atoms with van der Waals surface area (Å²) in [5.41, 5.74) is 2.69. The number of piperidine rings is 1. The molecule has 1 fully saturated rings. The van der Waals surface area contributed by atoms with Gasteiger partial charge in [0.15, 0.2) is 0 Å². The van der Waals surface area contributed by atoms with Crippen LogP contribution in [0.5, 0.6) is 0 Å². The number of alkyl halides is 6. The Morgan fingerprint density at radius 3 is 1.97 bits per heavy atom. The highest BCUT2D eigenvalue weighted by molar-refractivity contribution is 7.07. The lowest BCUT2D eigenvalue weighted by Gasteiger charge is -2.27. The van der Waals surface area contributed by atoms with Gasteiger partial charge in [-0.05, 0) is 48.3 Å². The summed E-state index contributed by atoms with van der Waals surface area (Å²) in [6, 6.07) is 2.23. The van der Waals surface area contributed by atoms with Crippen LogP contribution in [0.25, 0.3) is 0 Å². The number of aromatic nitrogens is 2. The summed E-state index contributed by atoms with van der Waals surface area (Å²) in [6.07, 6.45) is -3.79. The Morgan fingerprint density at radius 2 is 1.47 bits per heavy atom. The Bertz CT molecular complexity index is 948. The van der Waals surface area contributed by atoms with Crippen molar-refractivity contribution in [2.24, 2.45) is 0 Å². The van der Waals surface area contributed by atoms with Crippen LogP contribution < -0.4 is 0 Å². The summed E-state index contributed by atoms with van der Waals surface area (Å²) in [6.45, 7) is 7.76. The Kier molecular flexibility index (Phi) is 10.7. The molecule has 4 rings (SSSR count). The Balaban J connectivity index is 0.000000271. The number of carboxylic acids is 2. The number of imidazole rings is 1.